The molecule has 1 aliphatic heterocycles. The minimum atomic E-state index is 0.484. The molecule has 0 atom stereocenters. The Morgan fingerprint density at radius 3 is 2.73 bits per heavy atom. The highest BCUT2D eigenvalue weighted by atomic mass is 32.1. The van der Waals surface area contributed by atoms with E-state index in [4.69, 9.17) is 21.7 Å². The van der Waals surface area contributed by atoms with E-state index in [-0.39, 0.29) is 0 Å². The number of aromatic amines is 1. The van der Waals surface area contributed by atoms with Crippen LogP contribution in [-0.2, 0) is 6.42 Å². The minimum Gasteiger partial charge on any atom is -0.493 e. The van der Waals surface area contributed by atoms with E-state index in [9.17, 15) is 0 Å². The largest absolute Gasteiger partial charge is 0.493 e. The molecule has 0 unspecified atom stereocenters. The Morgan fingerprint density at radius 1 is 1.14 bits per heavy atom. The van der Waals surface area contributed by atoms with Crippen LogP contribution in [0.15, 0.2) is 18.2 Å². The van der Waals surface area contributed by atoms with Crippen LogP contribution >= 0.6 is 12.2 Å². The average molecular weight is 317 g/mol. The lowest BCUT2D eigenvalue weighted by Crippen LogP contribution is -2.05. The van der Waals surface area contributed by atoms with Gasteiger partial charge < -0.3 is 19.8 Å². The van der Waals surface area contributed by atoms with Crippen LogP contribution in [0.3, 0.4) is 0 Å². The third-order valence-electron chi connectivity index (χ3n) is 3.85. The van der Waals surface area contributed by atoms with Crippen molar-refractivity contribution in [3.63, 3.8) is 0 Å². The van der Waals surface area contributed by atoms with Crippen molar-refractivity contribution in [2.24, 2.45) is 0 Å². The number of hydrogen-bond acceptors (Lipinski definition) is 5. The quantitative estimate of drug-likeness (QED) is 0.848. The Morgan fingerprint density at radius 2 is 1.95 bits per heavy atom. The number of ether oxygens (including phenoxy) is 2. The Hall–Kier alpha value is -2.08. The molecule has 0 fully saturated rings. The number of methoxy groups -OCH3 is 2. The number of benzene rings is 1. The monoisotopic (exact) mass is 317 g/mol. The van der Waals surface area contributed by atoms with Gasteiger partial charge in [0.05, 0.1) is 19.9 Å². The van der Waals surface area contributed by atoms with E-state index in [0.717, 1.165) is 42.9 Å². The fourth-order valence-corrected chi connectivity index (χ4v) is 2.95. The third kappa shape index (κ3) is 2.78. The van der Waals surface area contributed by atoms with Crippen LogP contribution in [0.5, 0.6) is 11.5 Å². The SMILES string of the molecule is COc1ccc(-c2[nH]c(=S)nc3c2CCCCN3)cc1OC. The van der Waals surface area contributed by atoms with Gasteiger partial charge in [-0.1, -0.05) is 0 Å². The maximum absolute atomic E-state index is 5.40. The average Bonchev–Trinajstić information content (AvgIpc) is 2.78. The summed E-state index contributed by atoms with van der Waals surface area (Å²) in [5, 5.41) is 3.37. The predicted molar refractivity (Wildman–Crippen MR) is 89.4 cm³/mol. The van der Waals surface area contributed by atoms with Gasteiger partial charge in [-0.2, -0.15) is 0 Å². The van der Waals surface area contributed by atoms with E-state index in [2.05, 4.69) is 15.3 Å². The highest BCUT2D eigenvalue weighted by Crippen LogP contribution is 2.35. The summed E-state index contributed by atoms with van der Waals surface area (Å²) >= 11 is 5.28. The molecule has 0 amide bonds. The molecule has 2 heterocycles. The molecule has 1 aliphatic rings. The summed E-state index contributed by atoms with van der Waals surface area (Å²) in [6, 6.07) is 5.87. The van der Waals surface area contributed by atoms with E-state index in [1.165, 1.54) is 5.56 Å². The van der Waals surface area contributed by atoms with Gasteiger partial charge in [0.1, 0.15) is 5.82 Å². The zero-order valence-electron chi connectivity index (χ0n) is 12.7. The molecular formula is C16H19N3O2S. The zero-order chi connectivity index (χ0) is 15.5. The van der Waals surface area contributed by atoms with E-state index >= 15 is 0 Å². The molecule has 2 aromatic rings. The number of nitrogens with one attached hydrogen (secondary N) is 2. The highest BCUT2D eigenvalue weighted by molar-refractivity contribution is 7.71. The van der Waals surface area contributed by atoms with Crippen LogP contribution < -0.4 is 14.8 Å². The topological polar surface area (TPSA) is 59.2 Å². The number of fused-ring (bicyclic) bond motifs is 1. The van der Waals surface area contributed by atoms with Crippen molar-refractivity contribution in [2.45, 2.75) is 19.3 Å². The molecule has 1 aromatic carbocycles. The molecule has 5 nitrogen and oxygen atoms in total. The fourth-order valence-electron chi connectivity index (χ4n) is 2.76. The number of anilines is 1. The summed E-state index contributed by atoms with van der Waals surface area (Å²) in [4.78, 5) is 7.66. The normalized spacial score (nSPS) is 13.7. The Labute approximate surface area is 134 Å². The van der Waals surface area contributed by atoms with Crippen molar-refractivity contribution < 1.29 is 9.47 Å². The van der Waals surface area contributed by atoms with Crippen LogP contribution in [-0.4, -0.2) is 30.7 Å². The summed E-state index contributed by atoms with van der Waals surface area (Å²) in [5.41, 5.74) is 3.20. The van der Waals surface area contributed by atoms with Crippen molar-refractivity contribution in [1.29, 1.82) is 0 Å². The molecule has 0 radical (unpaired) electrons. The van der Waals surface area contributed by atoms with Crippen LogP contribution in [0.4, 0.5) is 5.82 Å². The molecular weight excluding hydrogens is 298 g/mol. The Bertz CT molecular complexity index is 743. The summed E-state index contributed by atoms with van der Waals surface area (Å²) in [5.74, 6) is 2.31. The predicted octanol–water partition coefficient (Wildman–Crippen LogP) is 3.57. The molecule has 0 saturated heterocycles. The minimum absolute atomic E-state index is 0.484. The second-order valence-corrected chi connectivity index (χ2v) is 5.58. The van der Waals surface area contributed by atoms with Crippen molar-refractivity contribution in [3.8, 4) is 22.8 Å². The number of nitrogens with zero attached hydrogens (tertiary/aromatic N) is 1. The number of hydrogen-bond donors (Lipinski definition) is 2. The molecule has 2 N–H and O–H groups in total. The van der Waals surface area contributed by atoms with Crippen LogP contribution in [0, 0.1) is 4.77 Å². The smallest absolute Gasteiger partial charge is 0.199 e. The molecule has 116 valence electrons. The number of H-pyrrole nitrogens is 1. The lowest BCUT2D eigenvalue weighted by molar-refractivity contribution is 0.355. The number of aromatic nitrogens is 2. The first-order valence-corrected chi connectivity index (χ1v) is 7.73. The van der Waals surface area contributed by atoms with E-state index in [1.54, 1.807) is 14.2 Å². The molecule has 0 saturated carbocycles. The van der Waals surface area contributed by atoms with Crippen LogP contribution in [0.25, 0.3) is 11.3 Å². The molecule has 1 aromatic heterocycles. The standard InChI is InChI=1S/C16H19N3O2S/c1-20-12-7-6-10(9-13(12)21-2)14-11-5-3-4-8-17-15(11)19-16(22)18-14/h6-7,9H,3-5,8H2,1-2H3,(H2,17,18,19,22). The van der Waals surface area contributed by atoms with Gasteiger partial charge in [-0.25, -0.2) is 4.98 Å². The Balaban J connectivity index is 2.15. The van der Waals surface area contributed by atoms with Crippen molar-refractivity contribution in [2.75, 3.05) is 26.1 Å². The van der Waals surface area contributed by atoms with Gasteiger partial charge in [0.25, 0.3) is 0 Å². The van der Waals surface area contributed by atoms with Gasteiger partial charge in [-0.15, -0.1) is 0 Å². The molecule has 22 heavy (non-hydrogen) atoms. The van der Waals surface area contributed by atoms with Gasteiger partial charge in [-0.3, -0.25) is 0 Å². The molecule has 0 spiro atoms. The van der Waals surface area contributed by atoms with Crippen LogP contribution in [0.2, 0.25) is 0 Å². The van der Waals surface area contributed by atoms with Gasteiger partial charge >= 0.3 is 0 Å². The Kier molecular flexibility index (Phi) is 4.29. The van der Waals surface area contributed by atoms with Crippen molar-refractivity contribution in [3.05, 3.63) is 28.5 Å². The lowest BCUT2D eigenvalue weighted by atomic mass is 10.0. The molecule has 6 heteroatoms. The second kappa shape index (κ2) is 6.36. The van der Waals surface area contributed by atoms with Crippen molar-refractivity contribution in [1.82, 2.24) is 9.97 Å². The summed E-state index contributed by atoms with van der Waals surface area (Å²) < 4.78 is 11.2. The third-order valence-corrected chi connectivity index (χ3v) is 4.04. The zero-order valence-corrected chi connectivity index (χ0v) is 13.5. The molecule has 0 aliphatic carbocycles. The first-order chi connectivity index (χ1) is 10.7. The van der Waals surface area contributed by atoms with E-state index in [0.29, 0.717) is 16.3 Å². The summed E-state index contributed by atoms with van der Waals surface area (Å²) in [6.07, 6.45) is 3.24. The first kappa shape index (κ1) is 14.8. The lowest BCUT2D eigenvalue weighted by Gasteiger charge is -2.14. The van der Waals surface area contributed by atoms with Gasteiger partial charge in [0.15, 0.2) is 16.3 Å². The van der Waals surface area contributed by atoms with Gasteiger partial charge in [0, 0.05) is 17.7 Å². The van der Waals surface area contributed by atoms with E-state index in [1.807, 2.05) is 18.2 Å². The van der Waals surface area contributed by atoms with Crippen LogP contribution in [0.1, 0.15) is 18.4 Å². The summed E-state index contributed by atoms with van der Waals surface area (Å²) in [6.45, 7) is 0.935. The van der Waals surface area contributed by atoms with Gasteiger partial charge in [0.2, 0.25) is 0 Å². The second-order valence-electron chi connectivity index (χ2n) is 5.20. The summed E-state index contributed by atoms with van der Waals surface area (Å²) in [7, 11) is 3.27. The maximum Gasteiger partial charge on any atom is 0.199 e. The number of rotatable bonds is 3. The highest BCUT2D eigenvalue weighted by Gasteiger charge is 2.16. The fraction of sp³-hybridized carbons (Fsp3) is 0.375. The molecule has 0 bridgehead atoms. The van der Waals surface area contributed by atoms with E-state index < -0.39 is 0 Å². The first-order valence-electron chi connectivity index (χ1n) is 7.32. The van der Waals surface area contributed by atoms with Crippen molar-refractivity contribution >= 4 is 18.0 Å². The molecule has 3 rings (SSSR count). The van der Waals surface area contributed by atoms with Gasteiger partial charge in [-0.05, 0) is 49.7 Å². The maximum atomic E-state index is 5.40.